The Balaban J connectivity index is 1.73. The maximum absolute atomic E-state index is 13.2. The number of fused-ring (bicyclic) bond motifs is 1. The first kappa shape index (κ1) is 18.8. The van der Waals surface area contributed by atoms with E-state index >= 15 is 0 Å². The second-order valence-electron chi connectivity index (χ2n) is 6.68. The molecule has 1 saturated heterocycles. The van der Waals surface area contributed by atoms with Crippen LogP contribution in [0.4, 0.5) is 4.39 Å². The number of carbonyl (C=O) groups is 1. The zero-order chi connectivity index (χ0) is 19.5. The van der Waals surface area contributed by atoms with E-state index in [0.29, 0.717) is 41.4 Å². The highest BCUT2D eigenvalue weighted by atomic mass is 35.5. The normalized spacial score (nSPS) is 14.9. The van der Waals surface area contributed by atoms with Crippen molar-refractivity contribution in [1.82, 2.24) is 4.98 Å². The van der Waals surface area contributed by atoms with Crippen LogP contribution in [0.2, 0.25) is 5.02 Å². The number of pyridine rings is 1. The summed E-state index contributed by atoms with van der Waals surface area (Å²) >= 11 is 6.47. The molecule has 0 amide bonds. The number of esters is 1. The molecule has 0 unspecified atom stereocenters. The topological polar surface area (TPSA) is 52.9 Å². The fourth-order valence-corrected chi connectivity index (χ4v) is 3.60. The van der Waals surface area contributed by atoms with E-state index in [1.54, 1.807) is 12.3 Å². The number of aromatic nitrogens is 1. The summed E-state index contributed by atoms with van der Waals surface area (Å²) in [7, 11) is 0. The molecule has 4 rings (SSSR count). The van der Waals surface area contributed by atoms with Crippen LogP contribution in [0.15, 0.2) is 48.7 Å². The van der Waals surface area contributed by atoms with Crippen LogP contribution >= 0.6 is 11.6 Å². The summed E-state index contributed by atoms with van der Waals surface area (Å²) in [5, 5.41) is 1.28. The first-order valence-corrected chi connectivity index (χ1v) is 9.45. The quantitative estimate of drug-likeness (QED) is 0.539. The van der Waals surface area contributed by atoms with E-state index in [4.69, 9.17) is 21.1 Å². The Kier molecular flexibility index (Phi) is 5.52. The molecule has 1 N–H and O–H groups in total. The Morgan fingerprint density at radius 3 is 2.71 bits per heavy atom. The summed E-state index contributed by atoms with van der Waals surface area (Å²) in [6.07, 6.45) is 1.64. The molecule has 5 nitrogen and oxygen atoms in total. The highest BCUT2D eigenvalue weighted by Crippen LogP contribution is 2.34. The number of nitrogens with one attached hydrogen (secondary N) is 1. The number of rotatable bonds is 4. The summed E-state index contributed by atoms with van der Waals surface area (Å²) < 4.78 is 24.3. The number of hydrogen-bond acceptors (Lipinski definition) is 4. The lowest BCUT2D eigenvalue weighted by Crippen LogP contribution is -3.12. The zero-order valence-corrected chi connectivity index (χ0v) is 15.8. The molecule has 1 aromatic heterocycles. The number of ether oxygens (including phenoxy) is 2. The van der Waals surface area contributed by atoms with Gasteiger partial charge in [0.15, 0.2) is 5.75 Å². The van der Waals surface area contributed by atoms with Crippen molar-refractivity contribution in [3.8, 4) is 5.75 Å². The number of quaternary nitrogens is 1. The van der Waals surface area contributed by atoms with Crippen molar-refractivity contribution in [2.45, 2.75) is 6.54 Å². The van der Waals surface area contributed by atoms with Gasteiger partial charge >= 0.3 is 5.97 Å². The average molecular weight is 402 g/mol. The fourth-order valence-electron chi connectivity index (χ4n) is 3.32. The third-order valence-corrected chi connectivity index (χ3v) is 5.10. The molecule has 2 heterocycles. The summed E-state index contributed by atoms with van der Waals surface area (Å²) in [4.78, 5) is 18.4. The molecule has 1 fully saturated rings. The second-order valence-corrected chi connectivity index (χ2v) is 7.09. The van der Waals surface area contributed by atoms with Crippen LogP contribution in [0.5, 0.6) is 5.75 Å². The highest BCUT2D eigenvalue weighted by molar-refractivity contribution is 6.35. The Morgan fingerprint density at radius 1 is 1.21 bits per heavy atom. The smallest absolute Gasteiger partial charge is 0.343 e. The molecule has 0 saturated carbocycles. The van der Waals surface area contributed by atoms with E-state index in [2.05, 4.69) is 4.98 Å². The van der Waals surface area contributed by atoms with Gasteiger partial charge in [-0.15, -0.1) is 0 Å². The van der Waals surface area contributed by atoms with Gasteiger partial charge < -0.3 is 14.4 Å². The van der Waals surface area contributed by atoms with Crippen molar-refractivity contribution >= 4 is 28.5 Å². The predicted octanol–water partition coefficient (Wildman–Crippen LogP) is 2.66. The summed E-state index contributed by atoms with van der Waals surface area (Å²) in [6, 6.07) is 10.7. The van der Waals surface area contributed by atoms with Gasteiger partial charge in [-0.3, -0.25) is 4.98 Å². The molecular formula is C21H19ClFN2O3+. The lowest BCUT2D eigenvalue weighted by atomic mass is 10.1. The molecule has 0 spiro atoms. The van der Waals surface area contributed by atoms with Gasteiger partial charge in [-0.05, 0) is 42.5 Å². The summed E-state index contributed by atoms with van der Waals surface area (Å²) in [6.45, 7) is 3.76. The Morgan fingerprint density at radius 2 is 1.96 bits per heavy atom. The minimum atomic E-state index is -0.562. The minimum absolute atomic E-state index is 0.269. The van der Waals surface area contributed by atoms with Gasteiger partial charge in [-0.25, -0.2) is 9.18 Å². The van der Waals surface area contributed by atoms with E-state index in [1.807, 2.05) is 12.1 Å². The third-order valence-electron chi connectivity index (χ3n) is 4.79. The molecule has 28 heavy (non-hydrogen) atoms. The highest BCUT2D eigenvalue weighted by Gasteiger charge is 2.22. The number of carbonyl (C=O) groups excluding carboxylic acids is 1. The molecule has 2 aromatic carbocycles. The van der Waals surface area contributed by atoms with Gasteiger partial charge in [0.05, 0.1) is 29.4 Å². The minimum Gasteiger partial charge on any atom is -0.420 e. The van der Waals surface area contributed by atoms with Crippen LogP contribution in [0.3, 0.4) is 0 Å². The zero-order valence-electron chi connectivity index (χ0n) is 15.1. The van der Waals surface area contributed by atoms with E-state index in [9.17, 15) is 9.18 Å². The molecule has 0 aliphatic carbocycles. The van der Waals surface area contributed by atoms with E-state index < -0.39 is 11.8 Å². The van der Waals surface area contributed by atoms with Crippen molar-refractivity contribution in [1.29, 1.82) is 0 Å². The first-order valence-electron chi connectivity index (χ1n) is 9.07. The molecule has 1 aliphatic rings. The van der Waals surface area contributed by atoms with Crippen LogP contribution in [0.25, 0.3) is 10.9 Å². The summed E-state index contributed by atoms with van der Waals surface area (Å²) in [5.74, 6) is -0.576. The molecule has 144 valence electrons. The van der Waals surface area contributed by atoms with Crippen LogP contribution in [-0.4, -0.2) is 37.3 Å². The van der Waals surface area contributed by atoms with Crippen molar-refractivity contribution < 1.29 is 23.6 Å². The van der Waals surface area contributed by atoms with Gasteiger partial charge in [0.1, 0.15) is 31.0 Å². The van der Waals surface area contributed by atoms with E-state index in [0.717, 1.165) is 18.7 Å². The number of benzene rings is 2. The number of hydrogen-bond donors (Lipinski definition) is 1. The average Bonchev–Trinajstić information content (AvgIpc) is 2.72. The van der Waals surface area contributed by atoms with Crippen LogP contribution in [-0.2, 0) is 11.3 Å². The maximum Gasteiger partial charge on any atom is 0.343 e. The number of halogens is 2. The van der Waals surface area contributed by atoms with Crippen LogP contribution in [0.1, 0.15) is 15.9 Å². The monoisotopic (exact) mass is 401 g/mol. The van der Waals surface area contributed by atoms with Crippen molar-refractivity contribution in [3.05, 3.63) is 70.6 Å². The molecule has 3 aromatic rings. The lowest BCUT2D eigenvalue weighted by Gasteiger charge is -2.25. The van der Waals surface area contributed by atoms with Crippen LogP contribution < -0.4 is 9.64 Å². The number of nitrogens with zero attached hydrogens (tertiary/aromatic N) is 1. The lowest BCUT2D eigenvalue weighted by molar-refractivity contribution is -0.921. The van der Waals surface area contributed by atoms with E-state index in [-0.39, 0.29) is 5.56 Å². The first-order chi connectivity index (χ1) is 13.6. The van der Waals surface area contributed by atoms with Gasteiger partial charge in [0, 0.05) is 11.6 Å². The van der Waals surface area contributed by atoms with Crippen molar-refractivity contribution in [2.75, 3.05) is 26.3 Å². The predicted molar refractivity (Wildman–Crippen MR) is 103 cm³/mol. The Bertz CT molecular complexity index is 1000. The molecule has 1 aliphatic heterocycles. The molecule has 0 radical (unpaired) electrons. The number of morpholine rings is 1. The maximum atomic E-state index is 13.2. The fraction of sp³-hybridized carbons (Fsp3) is 0.238. The Hall–Kier alpha value is -2.54. The van der Waals surface area contributed by atoms with Crippen molar-refractivity contribution in [2.24, 2.45) is 0 Å². The summed E-state index contributed by atoms with van der Waals surface area (Å²) in [5.41, 5.74) is 1.61. The molecule has 7 heteroatoms. The van der Waals surface area contributed by atoms with Gasteiger partial charge in [0.2, 0.25) is 0 Å². The van der Waals surface area contributed by atoms with Crippen LogP contribution in [0, 0.1) is 5.82 Å². The Labute approximate surface area is 166 Å². The van der Waals surface area contributed by atoms with Gasteiger partial charge in [-0.1, -0.05) is 11.6 Å². The second kappa shape index (κ2) is 8.22. The van der Waals surface area contributed by atoms with E-state index in [1.165, 1.54) is 29.2 Å². The van der Waals surface area contributed by atoms with Gasteiger partial charge in [-0.2, -0.15) is 0 Å². The standard InChI is InChI=1S/C21H18ClFN2O3/c22-18-12-15(13-25-8-10-27-11-9-25)20(19-17(18)2-1-7-24-19)28-21(26)14-3-5-16(23)6-4-14/h1-7,12H,8-11,13H2/p+1. The largest absolute Gasteiger partial charge is 0.420 e. The molecule has 0 atom stereocenters. The molecule has 0 bridgehead atoms. The molecular weight excluding hydrogens is 383 g/mol. The SMILES string of the molecule is O=C(Oc1c(C[NH+]2CCOCC2)cc(Cl)c2cccnc12)c1ccc(F)cc1. The van der Waals surface area contributed by atoms with Crippen molar-refractivity contribution in [3.63, 3.8) is 0 Å². The van der Waals surface area contributed by atoms with Gasteiger partial charge in [0.25, 0.3) is 0 Å². The third kappa shape index (κ3) is 3.99.